The summed E-state index contributed by atoms with van der Waals surface area (Å²) in [6.45, 7) is 1.02. The lowest BCUT2D eigenvalue weighted by molar-refractivity contribution is -0.138. The number of ether oxygens (including phenoxy) is 1. The number of alkyl halides is 3. The predicted molar refractivity (Wildman–Crippen MR) is 139 cm³/mol. The normalized spacial score (nSPS) is 11.8. The van der Waals surface area contributed by atoms with Crippen LogP contribution < -0.4 is 4.74 Å². The molecule has 1 N–H and O–H groups in total. The molecule has 2 heterocycles. The Morgan fingerprint density at radius 2 is 1.79 bits per heavy atom. The van der Waals surface area contributed by atoms with Gasteiger partial charge in [-0.3, -0.25) is 4.79 Å². The molecule has 39 heavy (non-hydrogen) atoms. The van der Waals surface area contributed by atoms with E-state index in [1.54, 1.807) is 18.3 Å². The zero-order valence-corrected chi connectivity index (χ0v) is 21.1. The molecule has 7 nitrogen and oxygen atoms in total. The predicted octanol–water partition coefficient (Wildman–Crippen LogP) is 6.68. The van der Waals surface area contributed by atoms with E-state index in [0.717, 1.165) is 43.8 Å². The number of benzene rings is 2. The van der Waals surface area contributed by atoms with Crippen molar-refractivity contribution in [2.45, 2.75) is 51.4 Å². The summed E-state index contributed by atoms with van der Waals surface area (Å²) in [5.41, 5.74) is 1.68. The Morgan fingerprint density at radius 3 is 2.51 bits per heavy atom. The topological polar surface area (TPSA) is 90.4 Å². The van der Waals surface area contributed by atoms with Crippen molar-refractivity contribution in [1.82, 2.24) is 14.5 Å². The second-order valence-electron chi connectivity index (χ2n) is 8.95. The molecule has 4 rings (SSSR count). The molecule has 0 amide bonds. The van der Waals surface area contributed by atoms with E-state index in [0.29, 0.717) is 29.3 Å². The van der Waals surface area contributed by atoms with Crippen molar-refractivity contribution in [3.8, 4) is 5.75 Å². The van der Waals surface area contributed by atoms with Gasteiger partial charge < -0.3 is 18.8 Å². The second-order valence-corrected chi connectivity index (χ2v) is 8.95. The summed E-state index contributed by atoms with van der Waals surface area (Å²) in [6.07, 6.45) is 7.28. The Balaban J connectivity index is 1.18. The lowest BCUT2D eigenvalue weighted by Crippen LogP contribution is -2.06. The smallest absolute Gasteiger partial charge is 0.416 e. The number of aryl methyl sites for hydroxylation is 3. The van der Waals surface area contributed by atoms with E-state index in [-0.39, 0.29) is 13.0 Å². The Morgan fingerprint density at radius 1 is 1.03 bits per heavy atom. The van der Waals surface area contributed by atoms with Gasteiger partial charge in [0.1, 0.15) is 30.1 Å². The van der Waals surface area contributed by atoms with E-state index in [1.807, 2.05) is 35.0 Å². The van der Waals surface area contributed by atoms with Gasteiger partial charge in [-0.05, 0) is 60.7 Å². The van der Waals surface area contributed by atoms with Gasteiger partial charge in [-0.2, -0.15) is 13.2 Å². The highest BCUT2D eigenvalue weighted by atomic mass is 19.4. The van der Waals surface area contributed by atoms with Crippen LogP contribution in [-0.2, 0) is 37.0 Å². The van der Waals surface area contributed by atoms with Gasteiger partial charge in [-0.15, -0.1) is 0 Å². The van der Waals surface area contributed by atoms with Crippen LogP contribution >= 0.6 is 0 Å². The van der Waals surface area contributed by atoms with Crippen LogP contribution in [-0.4, -0.2) is 25.6 Å². The summed E-state index contributed by atoms with van der Waals surface area (Å²) in [5.74, 6) is 1.00. The molecule has 4 aromatic rings. The molecule has 0 spiro atoms. The minimum Gasteiger partial charge on any atom is -0.487 e. The van der Waals surface area contributed by atoms with Crippen molar-refractivity contribution in [2.75, 3.05) is 0 Å². The third-order valence-electron chi connectivity index (χ3n) is 6.01. The summed E-state index contributed by atoms with van der Waals surface area (Å²) in [5, 5.41) is 8.86. The number of carboxylic acids is 1. The van der Waals surface area contributed by atoms with Crippen LogP contribution in [0.4, 0.5) is 13.2 Å². The first-order chi connectivity index (χ1) is 18.8. The molecule has 0 saturated heterocycles. The molecule has 0 unspecified atom stereocenters. The monoisotopic (exact) mass is 539 g/mol. The number of aliphatic carboxylic acids is 1. The van der Waals surface area contributed by atoms with Gasteiger partial charge in [0.05, 0.1) is 12.0 Å². The number of aromatic nitrogens is 3. The molecular formula is C29H28F3N3O4. The van der Waals surface area contributed by atoms with Crippen molar-refractivity contribution < 1.29 is 32.2 Å². The molecule has 0 fully saturated rings. The molecule has 2 aromatic carbocycles. The molecule has 0 aliphatic carbocycles. The SMILES string of the molecule is O=C(O)CCc1nccn1CCCCc1ccc(OCc2coc(/C=C/c3ccc(C(F)(F)F)cc3)n2)cc1. The fourth-order valence-electron chi connectivity index (χ4n) is 3.93. The molecule has 0 aliphatic rings. The lowest BCUT2D eigenvalue weighted by Gasteiger charge is -2.08. The molecule has 0 saturated carbocycles. The van der Waals surface area contributed by atoms with Crippen LogP contribution in [0.3, 0.4) is 0 Å². The minimum absolute atomic E-state index is 0.0756. The number of oxazole rings is 1. The molecule has 0 aliphatic heterocycles. The molecule has 10 heteroatoms. The number of hydrogen-bond donors (Lipinski definition) is 1. The highest BCUT2D eigenvalue weighted by Gasteiger charge is 2.29. The van der Waals surface area contributed by atoms with E-state index in [9.17, 15) is 18.0 Å². The van der Waals surface area contributed by atoms with E-state index in [4.69, 9.17) is 14.3 Å². The highest BCUT2D eigenvalue weighted by Crippen LogP contribution is 2.29. The van der Waals surface area contributed by atoms with Gasteiger partial charge in [0.25, 0.3) is 0 Å². The van der Waals surface area contributed by atoms with Gasteiger partial charge in [0.15, 0.2) is 0 Å². The fraction of sp³-hybridized carbons (Fsp3) is 0.276. The zero-order valence-electron chi connectivity index (χ0n) is 21.1. The van der Waals surface area contributed by atoms with Crippen LogP contribution in [0, 0.1) is 0 Å². The van der Waals surface area contributed by atoms with Crippen molar-refractivity contribution in [2.24, 2.45) is 0 Å². The summed E-state index contributed by atoms with van der Waals surface area (Å²) in [6, 6.07) is 12.7. The van der Waals surface area contributed by atoms with Crippen LogP contribution in [0.25, 0.3) is 12.2 Å². The summed E-state index contributed by atoms with van der Waals surface area (Å²) in [4.78, 5) is 19.3. The Hall–Kier alpha value is -4.34. The second kappa shape index (κ2) is 12.9. The van der Waals surface area contributed by atoms with Gasteiger partial charge in [0, 0.05) is 31.4 Å². The molecule has 2 aromatic heterocycles. The Labute approximate surface area is 223 Å². The van der Waals surface area contributed by atoms with E-state index >= 15 is 0 Å². The van der Waals surface area contributed by atoms with Gasteiger partial charge in [-0.1, -0.05) is 24.3 Å². The number of halogens is 3. The number of carboxylic acid groups (broad SMARTS) is 1. The summed E-state index contributed by atoms with van der Waals surface area (Å²) < 4.78 is 51.2. The highest BCUT2D eigenvalue weighted by molar-refractivity contribution is 5.67. The minimum atomic E-state index is -4.36. The summed E-state index contributed by atoms with van der Waals surface area (Å²) in [7, 11) is 0. The third-order valence-corrected chi connectivity index (χ3v) is 6.01. The maximum absolute atomic E-state index is 12.7. The first-order valence-corrected chi connectivity index (χ1v) is 12.5. The number of rotatable bonds is 13. The van der Waals surface area contributed by atoms with Crippen LogP contribution in [0.1, 0.15) is 53.4 Å². The van der Waals surface area contributed by atoms with Crippen molar-refractivity contribution >= 4 is 18.1 Å². The lowest BCUT2D eigenvalue weighted by atomic mass is 10.1. The molecular weight excluding hydrogens is 511 g/mol. The van der Waals surface area contributed by atoms with Crippen LogP contribution in [0.5, 0.6) is 5.75 Å². The third kappa shape index (κ3) is 8.59. The molecule has 0 bridgehead atoms. The quantitative estimate of drug-likeness (QED) is 0.191. The van der Waals surface area contributed by atoms with E-state index in [2.05, 4.69) is 9.97 Å². The van der Waals surface area contributed by atoms with Crippen LogP contribution in [0.2, 0.25) is 0 Å². The molecule has 0 radical (unpaired) electrons. The van der Waals surface area contributed by atoms with E-state index < -0.39 is 17.7 Å². The average molecular weight is 540 g/mol. The number of unbranched alkanes of at least 4 members (excludes halogenated alkanes) is 1. The zero-order chi connectivity index (χ0) is 27.7. The fourth-order valence-corrected chi connectivity index (χ4v) is 3.93. The first kappa shape index (κ1) is 27.7. The number of hydrogen-bond acceptors (Lipinski definition) is 5. The first-order valence-electron chi connectivity index (χ1n) is 12.5. The number of nitrogens with zero attached hydrogens (tertiary/aromatic N) is 3. The molecule has 0 atom stereocenters. The average Bonchev–Trinajstić information content (AvgIpc) is 3.57. The van der Waals surface area contributed by atoms with Crippen LogP contribution in [0.15, 0.2) is 71.6 Å². The number of carbonyl (C=O) groups is 1. The van der Waals surface area contributed by atoms with Gasteiger partial charge >= 0.3 is 12.1 Å². The number of imidazole rings is 1. The summed E-state index contributed by atoms with van der Waals surface area (Å²) >= 11 is 0. The largest absolute Gasteiger partial charge is 0.487 e. The maximum Gasteiger partial charge on any atom is 0.416 e. The standard InChI is InChI=1S/C29H28F3N3O4/c30-29(31,32)23-9-4-22(5-10-23)8-14-27-34-24(20-39-27)19-38-25-11-6-21(7-12-25)3-1-2-17-35-18-16-33-26(35)13-15-28(36)37/h4-12,14,16,18,20H,1-3,13,15,17,19H2,(H,36,37)/b14-8+. The maximum atomic E-state index is 12.7. The Kier molecular flexibility index (Phi) is 9.19. The van der Waals surface area contributed by atoms with Crippen molar-refractivity contribution in [3.05, 3.63) is 101 Å². The Bertz CT molecular complexity index is 1370. The van der Waals surface area contributed by atoms with Crippen molar-refractivity contribution in [3.63, 3.8) is 0 Å². The van der Waals surface area contributed by atoms with Gasteiger partial charge in [-0.25, -0.2) is 9.97 Å². The molecule has 204 valence electrons. The van der Waals surface area contributed by atoms with E-state index in [1.165, 1.54) is 24.0 Å². The van der Waals surface area contributed by atoms with Crippen molar-refractivity contribution in [1.29, 1.82) is 0 Å². The van der Waals surface area contributed by atoms with Gasteiger partial charge in [0.2, 0.25) is 5.89 Å².